The maximum atomic E-state index is 12.4. The monoisotopic (exact) mass is 328 g/mol. The summed E-state index contributed by atoms with van der Waals surface area (Å²) in [6.07, 6.45) is 3.14. The lowest BCUT2D eigenvalue weighted by Crippen LogP contribution is -2.47. The smallest absolute Gasteiger partial charge is 0.223 e. The van der Waals surface area contributed by atoms with E-state index in [1.165, 1.54) is 5.56 Å². The van der Waals surface area contributed by atoms with Gasteiger partial charge < -0.3 is 14.2 Å². The van der Waals surface area contributed by atoms with Crippen molar-refractivity contribution in [2.45, 2.75) is 38.3 Å². The summed E-state index contributed by atoms with van der Waals surface area (Å²) in [7, 11) is 1.67. The van der Waals surface area contributed by atoms with Gasteiger partial charge in [0.1, 0.15) is 6.33 Å². The first kappa shape index (κ1) is 16.6. The molecule has 128 valence electrons. The van der Waals surface area contributed by atoms with Crippen LogP contribution in [-0.2, 0) is 28.0 Å². The number of piperidine rings is 1. The molecule has 3 rings (SSSR count). The Hall–Kier alpha value is -2.21. The third kappa shape index (κ3) is 3.48. The molecule has 24 heavy (non-hydrogen) atoms. The Morgan fingerprint density at radius 1 is 1.29 bits per heavy atom. The molecule has 1 atom stereocenters. The van der Waals surface area contributed by atoms with Crippen molar-refractivity contribution in [3.05, 3.63) is 48.0 Å². The molecule has 6 heteroatoms. The molecule has 0 spiro atoms. The van der Waals surface area contributed by atoms with Crippen molar-refractivity contribution in [3.8, 4) is 0 Å². The van der Waals surface area contributed by atoms with E-state index in [-0.39, 0.29) is 11.3 Å². The van der Waals surface area contributed by atoms with E-state index in [2.05, 4.69) is 41.4 Å². The number of carbonyl (C=O) groups excluding carboxylic acids is 1. The van der Waals surface area contributed by atoms with Gasteiger partial charge in [-0.05, 0) is 12.0 Å². The third-order valence-electron chi connectivity index (χ3n) is 4.82. The lowest BCUT2D eigenvalue weighted by atomic mass is 9.75. The highest BCUT2D eigenvalue weighted by Gasteiger charge is 2.36. The van der Waals surface area contributed by atoms with E-state index in [4.69, 9.17) is 4.74 Å². The molecule has 6 nitrogen and oxygen atoms in total. The summed E-state index contributed by atoms with van der Waals surface area (Å²) in [5.41, 5.74) is 1.26. The Labute approximate surface area is 142 Å². The number of benzene rings is 1. The predicted molar refractivity (Wildman–Crippen MR) is 90.3 cm³/mol. The normalized spacial score (nSPS) is 21.2. The van der Waals surface area contributed by atoms with Crippen molar-refractivity contribution in [2.75, 3.05) is 20.3 Å². The van der Waals surface area contributed by atoms with Crippen molar-refractivity contribution < 1.29 is 9.53 Å². The molecule has 1 aromatic carbocycles. The molecule has 1 fully saturated rings. The number of likely N-dealkylation sites (tertiary alicyclic amines) is 1. The van der Waals surface area contributed by atoms with Gasteiger partial charge in [-0.3, -0.25) is 4.79 Å². The number of hydrogen-bond acceptors (Lipinski definition) is 4. The minimum atomic E-state index is -0.0213. The van der Waals surface area contributed by atoms with Crippen LogP contribution in [0.5, 0.6) is 0 Å². The molecule has 0 saturated carbocycles. The van der Waals surface area contributed by atoms with Crippen LogP contribution in [0.3, 0.4) is 0 Å². The second-order valence-corrected chi connectivity index (χ2v) is 6.61. The first-order chi connectivity index (χ1) is 11.6. The average Bonchev–Trinajstić information content (AvgIpc) is 3.04. The van der Waals surface area contributed by atoms with Gasteiger partial charge in [-0.15, -0.1) is 10.2 Å². The minimum absolute atomic E-state index is 0.0213. The summed E-state index contributed by atoms with van der Waals surface area (Å²) in [6.45, 7) is 4.72. The molecule has 1 aliphatic rings. The van der Waals surface area contributed by atoms with E-state index in [0.717, 1.165) is 12.2 Å². The van der Waals surface area contributed by atoms with E-state index < -0.39 is 0 Å². The summed E-state index contributed by atoms with van der Waals surface area (Å²) in [5, 5.41) is 8.16. The van der Waals surface area contributed by atoms with Crippen molar-refractivity contribution in [1.29, 1.82) is 0 Å². The number of carbonyl (C=O) groups is 1. The van der Waals surface area contributed by atoms with Crippen molar-refractivity contribution in [1.82, 2.24) is 19.7 Å². The highest BCUT2D eigenvalue weighted by Crippen LogP contribution is 2.34. The fourth-order valence-electron chi connectivity index (χ4n) is 3.30. The summed E-state index contributed by atoms with van der Waals surface area (Å²) >= 11 is 0. The minimum Gasteiger partial charge on any atom is -0.383 e. The molecule has 0 bridgehead atoms. The average molecular weight is 328 g/mol. The van der Waals surface area contributed by atoms with Crippen LogP contribution < -0.4 is 0 Å². The number of aromatic nitrogens is 3. The van der Waals surface area contributed by atoms with Crippen LogP contribution in [0, 0.1) is 0 Å². The molecule has 1 aromatic heterocycles. The Balaban J connectivity index is 1.75. The van der Waals surface area contributed by atoms with Crippen LogP contribution in [0.2, 0.25) is 0 Å². The third-order valence-corrected chi connectivity index (χ3v) is 4.82. The van der Waals surface area contributed by atoms with Gasteiger partial charge in [0, 0.05) is 32.0 Å². The van der Waals surface area contributed by atoms with Gasteiger partial charge in [-0.1, -0.05) is 37.3 Å². The van der Waals surface area contributed by atoms with E-state index in [1.807, 2.05) is 15.5 Å². The fourth-order valence-corrected chi connectivity index (χ4v) is 3.30. The quantitative estimate of drug-likeness (QED) is 0.814. The lowest BCUT2D eigenvalue weighted by Gasteiger charge is -2.40. The number of nitrogens with zero attached hydrogens (tertiary/aromatic N) is 4. The summed E-state index contributed by atoms with van der Waals surface area (Å²) in [5.74, 6) is 0.988. The first-order valence-corrected chi connectivity index (χ1v) is 8.31. The van der Waals surface area contributed by atoms with Gasteiger partial charge in [0.25, 0.3) is 0 Å². The fraction of sp³-hybridized carbons (Fsp3) is 0.500. The number of hydrogen-bond donors (Lipinski definition) is 0. The zero-order chi connectivity index (χ0) is 17.0. The summed E-state index contributed by atoms with van der Waals surface area (Å²) in [4.78, 5) is 14.3. The van der Waals surface area contributed by atoms with Crippen molar-refractivity contribution in [2.24, 2.45) is 0 Å². The molecule has 1 saturated heterocycles. The second-order valence-electron chi connectivity index (χ2n) is 6.61. The van der Waals surface area contributed by atoms with Crippen LogP contribution in [-0.4, -0.2) is 45.8 Å². The van der Waals surface area contributed by atoms with Crippen LogP contribution in [0.1, 0.15) is 31.2 Å². The number of ether oxygens (including phenoxy) is 1. The predicted octanol–water partition coefficient (Wildman–Crippen LogP) is 2.00. The standard InChI is InChI=1S/C18H24N4O2/c1-18(15-6-4-3-5-7-15)9-8-17(23)22(13-18)12-16-20-19-14-21(16)10-11-24-2/h3-7,14H,8-13H2,1-2H3. The molecule has 1 unspecified atom stereocenters. The second kappa shape index (κ2) is 7.13. The Kier molecular flexibility index (Phi) is 4.94. The Morgan fingerprint density at radius 2 is 2.08 bits per heavy atom. The molecule has 0 radical (unpaired) electrons. The van der Waals surface area contributed by atoms with E-state index in [0.29, 0.717) is 32.7 Å². The number of rotatable bonds is 6. The van der Waals surface area contributed by atoms with Gasteiger partial charge in [0.05, 0.1) is 13.2 Å². The van der Waals surface area contributed by atoms with Crippen LogP contribution in [0.25, 0.3) is 0 Å². The lowest BCUT2D eigenvalue weighted by molar-refractivity contribution is -0.136. The molecular weight excluding hydrogens is 304 g/mol. The molecular formula is C18H24N4O2. The first-order valence-electron chi connectivity index (χ1n) is 8.31. The number of methoxy groups -OCH3 is 1. The topological polar surface area (TPSA) is 60.2 Å². The highest BCUT2D eigenvalue weighted by molar-refractivity contribution is 5.77. The molecule has 1 amide bonds. The van der Waals surface area contributed by atoms with Crippen molar-refractivity contribution >= 4 is 5.91 Å². The Morgan fingerprint density at radius 3 is 2.83 bits per heavy atom. The zero-order valence-electron chi connectivity index (χ0n) is 14.3. The maximum absolute atomic E-state index is 12.4. The van der Waals surface area contributed by atoms with Crippen molar-refractivity contribution in [3.63, 3.8) is 0 Å². The molecule has 1 aliphatic heterocycles. The van der Waals surface area contributed by atoms with Crippen LogP contribution in [0.15, 0.2) is 36.7 Å². The van der Waals surface area contributed by atoms with Crippen LogP contribution >= 0.6 is 0 Å². The molecule has 2 aromatic rings. The maximum Gasteiger partial charge on any atom is 0.223 e. The van der Waals surface area contributed by atoms with Gasteiger partial charge in [0.15, 0.2) is 5.82 Å². The van der Waals surface area contributed by atoms with Crippen LogP contribution in [0.4, 0.5) is 0 Å². The molecule has 0 aliphatic carbocycles. The van der Waals surface area contributed by atoms with Gasteiger partial charge in [-0.2, -0.15) is 0 Å². The largest absolute Gasteiger partial charge is 0.383 e. The highest BCUT2D eigenvalue weighted by atomic mass is 16.5. The van der Waals surface area contributed by atoms with Gasteiger partial charge >= 0.3 is 0 Å². The molecule has 2 heterocycles. The zero-order valence-corrected chi connectivity index (χ0v) is 14.3. The van der Waals surface area contributed by atoms with Gasteiger partial charge in [-0.25, -0.2) is 0 Å². The van der Waals surface area contributed by atoms with E-state index >= 15 is 0 Å². The van der Waals surface area contributed by atoms with E-state index in [9.17, 15) is 4.79 Å². The number of amides is 1. The van der Waals surface area contributed by atoms with E-state index in [1.54, 1.807) is 13.4 Å². The summed E-state index contributed by atoms with van der Waals surface area (Å²) < 4.78 is 7.06. The van der Waals surface area contributed by atoms with Gasteiger partial charge in [0.2, 0.25) is 5.91 Å². The summed E-state index contributed by atoms with van der Waals surface area (Å²) in [6, 6.07) is 10.4. The SMILES string of the molecule is COCCn1cnnc1CN1CC(C)(c2ccccc2)CCC1=O. The Bertz CT molecular complexity index is 685. The molecule has 0 N–H and O–H groups in total.